The Hall–Kier alpha value is -4.49. The summed E-state index contributed by atoms with van der Waals surface area (Å²) in [4.78, 5) is 13.0. The van der Waals surface area contributed by atoms with E-state index in [4.69, 9.17) is 11.0 Å². The zero-order chi connectivity index (χ0) is 25.2. The molecule has 0 aliphatic heterocycles. The van der Waals surface area contributed by atoms with Crippen molar-refractivity contribution in [2.45, 2.75) is 12.2 Å². The van der Waals surface area contributed by atoms with Crippen LogP contribution in [0.1, 0.15) is 38.9 Å². The molecule has 10 heteroatoms. The van der Waals surface area contributed by atoms with Gasteiger partial charge in [-0.25, -0.2) is 9.07 Å². The molecule has 1 heterocycles. The van der Waals surface area contributed by atoms with Crippen molar-refractivity contribution < 1.29 is 22.4 Å². The minimum atomic E-state index is -4.83. The lowest BCUT2D eigenvalue weighted by atomic mass is 9.99. The van der Waals surface area contributed by atoms with E-state index >= 15 is 0 Å². The Bertz CT molecular complexity index is 1420. The Labute approximate surface area is 197 Å². The number of amides is 1. The number of nitrogens with one attached hydrogen (secondary N) is 1. The molecule has 3 N–H and O–H groups in total. The van der Waals surface area contributed by atoms with Gasteiger partial charge in [-0.3, -0.25) is 4.79 Å². The van der Waals surface area contributed by atoms with E-state index in [0.29, 0.717) is 11.6 Å². The van der Waals surface area contributed by atoms with Crippen molar-refractivity contribution in [3.05, 3.63) is 113 Å². The van der Waals surface area contributed by atoms with Gasteiger partial charge >= 0.3 is 6.18 Å². The van der Waals surface area contributed by atoms with Crippen LogP contribution in [0.4, 0.5) is 23.2 Å². The van der Waals surface area contributed by atoms with Crippen molar-refractivity contribution in [2.75, 3.05) is 5.32 Å². The third-order valence-electron chi connectivity index (χ3n) is 5.21. The number of halogens is 4. The van der Waals surface area contributed by atoms with E-state index in [9.17, 15) is 22.4 Å². The van der Waals surface area contributed by atoms with Gasteiger partial charge in [0, 0.05) is 6.07 Å². The molecule has 4 aromatic rings. The van der Waals surface area contributed by atoms with E-state index in [1.165, 1.54) is 36.4 Å². The first-order valence-electron chi connectivity index (χ1n) is 10.3. The summed E-state index contributed by atoms with van der Waals surface area (Å²) >= 11 is 0. The largest absolute Gasteiger partial charge is 0.435 e. The second-order valence-corrected chi connectivity index (χ2v) is 7.57. The zero-order valence-electron chi connectivity index (χ0n) is 17.9. The summed E-state index contributed by atoms with van der Waals surface area (Å²) in [5.74, 6) is -1.82. The lowest BCUT2D eigenvalue weighted by Crippen LogP contribution is -2.18. The van der Waals surface area contributed by atoms with Crippen molar-refractivity contribution >= 4 is 11.6 Å². The highest BCUT2D eigenvalue weighted by Crippen LogP contribution is 2.30. The summed E-state index contributed by atoms with van der Waals surface area (Å²) in [5.41, 5.74) is 5.64. The molecule has 0 radical (unpaired) electrons. The standard InChI is InChI=1S/C25H17F4N5O/c26-19-10-9-17(23(31)16-6-2-1-3-7-16)12-20(19)32-24(35)21-13-22(25(27,28)29)33-34(21)18-8-4-5-15(11-18)14-30/h1-13,23H,31H2,(H,32,35). The summed E-state index contributed by atoms with van der Waals surface area (Å²) in [6, 6.07) is 20.3. The molecule has 0 spiro atoms. The van der Waals surface area contributed by atoms with E-state index in [1.54, 1.807) is 24.3 Å². The second kappa shape index (κ2) is 9.40. The maximum atomic E-state index is 14.5. The van der Waals surface area contributed by atoms with Crippen molar-refractivity contribution in [1.82, 2.24) is 9.78 Å². The van der Waals surface area contributed by atoms with Crippen LogP contribution in [0.3, 0.4) is 0 Å². The highest BCUT2D eigenvalue weighted by atomic mass is 19.4. The summed E-state index contributed by atoms with van der Waals surface area (Å²) in [5, 5.41) is 14.9. The van der Waals surface area contributed by atoms with Gasteiger partial charge in [0.15, 0.2) is 5.69 Å². The molecule has 4 rings (SSSR count). The molecule has 176 valence electrons. The number of carbonyl (C=O) groups excluding carboxylic acids is 1. The van der Waals surface area contributed by atoms with Crippen LogP contribution in [0.15, 0.2) is 78.9 Å². The number of anilines is 1. The number of hydrogen-bond acceptors (Lipinski definition) is 4. The number of rotatable bonds is 5. The highest BCUT2D eigenvalue weighted by molar-refractivity contribution is 6.03. The van der Waals surface area contributed by atoms with Crippen molar-refractivity contribution in [1.29, 1.82) is 5.26 Å². The minimum absolute atomic E-state index is 0.0602. The molecule has 1 unspecified atom stereocenters. The third kappa shape index (κ3) is 5.05. The van der Waals surface area contributed by atoms with Crippen LogP contribution in [0, 0.1) is 17.1 Å². The topological polar surface area (TPSA) is 96.7 Å². The monoisotopic (exact) mass is 479 g/mol. The van der Waals surface area contributed by atoms with Crippen LogP contribution >= 0.6 is 0 Å². The van der Waals surface area contributed by atoms with Crippen LogP contribution in [0.2, 0.25) is 0 Å². The molecule has 6 nitrogen and oxygen atoms in total. The fourth-order valence-corrected chi connectivity index (χ4v) is 3.46. The summed E-state index contributed by atoms with van der Waals surface area (Å²) in [7, 11) is 0. The first kappa shape index (κ1) is 23.7. The first-order valence-corrected chi connectivity index (χ1v) is 10.3. The molecule has 0 aliphatic rings. The number of benzene rings is 3. The van der Waals surface area contributed by atoms with E-state index in [1.807, 2.05) is 12.1 Å². The molecule has 0 fully saturated rings. The van der Waals surface area contributed by atoms with Crippen LogP contribution in [0.25, 0.3) is 5.69 Å². The van der Waals surface area contributed by atoms with Crippen molar-refractivity contribution in [3.63, 3.8) is 0 Å². The van der Waals surface area contributed by atoms with Gasteiger partial charge in [-0.15, -0.1) is 0 Å². The molecule has 35 heavy (non-hydrogen) atoms. The number of carbonyl (C=O) groups is 1. The molecule has 1 aromatic heterocycles. The van der Waals surface area contributed by atoms with Gasteiger partial charge in [-0.05, 0) is 41.5 Å². The van der Waals surface area contributed by atoms with E-state index in [0.717, 1.165) is 16.3 Å². The average molecular weight is 479 g/mol. The van der Waals surface area contributed by atoms with Gasteiger partial charge in [0.05, 0.1) is 29.0 Å². The quantitative estimate of drug-likeness (QED) is 0.385. The normalized spacial score (nSPS) is 12.1. The molecular formula is C25H17F4N5O. The molecule has 0 saturated heterocycles. The first-order chi connectivity index (χ1) is 16.7. The van der Waals surface area contributed by atoms with Crippen molar-refractivity contribution in [2.24, 2.45) is 5.73 Å². The van der Waals surface area contributed by atoms with Gasteiger partial charge in [0.25, 0.3) is 5.91 Å². The lowest BCUT2D eigenvalue weighted by Gasteiger charge is -2.15. The van der Waals surface area contributed by atoms with E-state index < -0.39 is 35.3 Å². The summed E-state index contributed by atoms with van der Waals surface area (Å²) in [6.07, 6.45) is -4.83. The van der Waals surface area contributed by atoms with Crippen molar-refractivity contribution in [3.8, 4) is 11.8 Å². The van der Waals surface area contributed by atoms with Crippen LogP contribution in [-0.2, 0) is 6.18 Å². The number of hydrogen-bond donors (Lipinski definition) is 2. The maximum Gasteiger partial charge on any atom is 0.435 e. The Morgan fingerprint density at radius 3 is 2.43 bits per heavy atom. The van der Waals surface area contributed by atoms with Gasteiger partial charge in [-0.1, -0.05) is 42.5 Å². The second-order valence-electron chi connectivity index (χ2n) is 7.57. The van der Waals surface area contributed by atoms with E-state index in [-0.39, 0.29) is 16.9 Å². The molecular weight excluding hydrogens is 462 g/mol. The summed E-state index contributed by atoms with van der Waals surface area (Å²) in [6.45, 7) is 0. The Kier molecular flexibility index (Phi) is 6.36. The number of nitrogens with two attached hydrogens (primary N) is 1. The average Bonchev–Trinajstić information content (AvgIpc) is 3.32. The van der Waals surface area contributed by atoms with Gasteiger partial charge in [0.1, 0.15) is 11.5 Å². The fraction of sp³-hybridized carbons (Fsp3) is 0.0800. The predicted molar refractivity (Wildman–Crippen MR) is 120 cm³/mol. The summed E-state index contributed by atoms with van der Waals surface area (Å²) < 4.78 is 55.4. The number of nitrogens with zero attached hydrogens (tertiary/aromatic N) is 3. The van der Waals surface area contributed by atoms with Gasteiger partial charge in [-0.2, -0.15) is 23.5 Å². The fourth-order valence-electron chi connectivity index (χ4n) is 3.46. The maximum absolute atomic E-state index is 14.5. The Morgan fingerprint density at radius 2 is 1.74 bits per heavy atom. The molecule has 0 aliphatic carbocycles. The minimum Gasteiger partial charge on any atom is -0.320 e. The smallest absolute Gasteiger partial charge is 0.320 e. The number of alkyl halides is 3. The lowest BCUT2D eigenvalue weighted by molar-refractivity contribution is -0.141. The predicted octanol–water partition coefficient (Wildman–Crippen LogP) is 5.20. The Balaban J connectivity index is 1.71. The zero-order valence-corrected chi connectivity index (χ0v) is 17.9. The number of aromatic nitrogens is 2. The highest BCUT2D eigenvalue weighted by Gasteiger charge is 2.36. The van der Waals surface area contributed by atoms with Gasteiger partial charge in [0.2, 0.25) is 0 Å². The molecule has 1 amide bonds. The van der Waals surface area contributed by atoms with Crippen LogP contribution in [-0.4, -0.2) is 15.7 Å². The SMILES string of the molecule is N#Cc1cccc(-n2nc(C(F)(F)F)cc2C(=O)Nc2cc(C(N)c3ccccc3)ccc2F)c1. The number of nitriles is 1. The van der Waals surface area contributed by atoms with Gasteiger partial charge < -0.3 is 11.1 Å². The Morgan fingerprint density at radius 1 is 1.00 bits per heavy atom. The molecule has 3 aromatic carbocycles. The van der Waals surface area contributed by atoms with E-state index in [2.05, 4.69) is 10.4 Å². The van der Waals surface area contributed by atoms with Crippen LogP contribution in [0.5, 0.6) is 0 Å². The van der Waals surface area contributed by atoms with Crippen LogP contribution < -0.4 is 11.1 Å². The molecule has 0 bridgehead atoms. The molecule has 1 atom stereocenters. The molecule has 0 saturated carbocycles. The third-order valence-corrected chi connectivity index (χ3v) is 5.21.